The van der Waals surface area contributed by atoms with Crippen LogP contribution in [0.5, 0.6) is 5.88 Å². The van der Waals surface area contributed by atoms with Crippen LogP contribution in [0.3, 0.4) is 0 Å². The van der Waals surface area contributed by atoms with Crippen molar-refractivity contribution in [1.82, 2.24) is 9.88 Å². The lowest BCUT2D eigenvalue weighted by molar-refractivity contribution is -0.0593. The topological polar surface area (TPSA) is 45.6 Å². The summed E-state index contributed by atoms with van der Waals surface area (Å²) in [4.78, 5) is 6.77. The number of likely N-dealkylation sites (tertiary alicyclic amines) is 1. The van der Waals surface area contributed by atoms with Gasteiger partial charge in [-0.25, -0.2) is 4.98 Å². The van der Waals surface area contributed by atoms with Crippen LogP contribution >= 0.6 is 0 Å². The van der Waals surface area contributed by atoms with Crippen LogP contribution in [0.25, 0.3) is 0 Å². The van der Waals surface area contributed by atoms with Crippen molar-refractivity contribution in [2.24, 2.45) is 5.92 Å². The minimum atomic E-state index is -0.608. The molecule has 1 aliphatic rings. The molecular formula is C21H28N2O2. The van der Waals surface area contributed by atoms with E-state index in [1.165, 1.54) is 11.1 Å². The van der Waals surface area contributed by atoms with Gasteiger partial charge in [0.05, 0.1) is 12.2 Å². The van der Waals surface area contributed by atoms with Gasteiger partial charge in [0.25, 0.3) is 0 Å². The quantitative estimate of drug-likeness (QED) is 0.876. The lowest BCUT2D eigenvalue weighted by atomic mass is 9.79. The van der Waals surface area contributed by atoms with Crippen LogP contribution < -0.4 is 4.74 Å². The van der Waals surface area contributed by atoms with E-state index in [9.17, 15) is 5.11 Å². The molecule has 0 aliphatic carbocycles. The van der Waals surface area contributed by atoms with Crippen molar-refractivity contribution in [2.45, 2.75) is 38.8 Å². The van der Waals surface area contributed by atoms with E-state index < -0.39 is 5.60 Å². The first-order valence-corrected chi connectivity index (χ1v) is 9.13. The molecular weight excluding hydrogens is 312 g/mol. The van der Waals surface area contributed by atoms with Crippen molar-refractivity contribution >= 4 is 0 Å². The second-order valence-electron chi connectivity index (χ2n) is 7.17. The Kier molecular flexibility index (Phi) is 5.71. The van der Waals surface area contributed by atoms with E-state index >= 15 is 0 Å². The summed E-state index contributed by atoms with van der Waals surface area (Å²) in [6, 6.07) is 14.5. The summed E-state index contributed by atoms with van der Waals surface area (Å²) in [5.74, 6) is 0.911. The van der Waals surface area contributed by atoms with Crippen molar-refractivity contribution in [3.63, 3.8) is 0 Å². The number of hydrogen-bond acceptors (Lipinski definition) is 4. The molecule has 0 amide bonds. The monoisotopic (exact) mass is 340 g/mol. The fourth-order valence-electron chi connectivity index (χ4n) is 3.51. The summed E-state index contributed by atoms with van der Waals surface area (Å²) in [5.41, 5.74) is 1.87. The molecule has 1 fully saturated rings. The Morgan fingerprint density at radius 3 is 2.68 bits per heavy atom. The van der Waals surface area contributed by atoms with Gasteiger partial charge in [0.1, 0.15) is 0 Å². The van der Waals surface area contributed by atoms with Crippen LogP contribution in [0, 0.1) is 5.92 Å². The van der Waals surface area contributed by atoms with Gasteiger partial charge in [0.15, 0.2) is 0 Å². The highest BCUT2D eigenvalue weighted by molar-refractivity contribution is 5.19. The number of pyridine rings is 1. The number of benzene rings is 1. The Hall–Kier alpha value is -1.91. The standard InChI is InChI=1S/C21H28N2O2/c1-3-25-20-10-9-18(14-22-20)15-23-12-11-21(2,24)19(16-23)13-17-7-5-4-6-8-17/h4-10,14,19,24H,3,11-13,15-16H2,1-2H3/t19-,21+/m0/s1. The Bertz CT molecular complexity index is 655. The molecule has 1 aromatic carbocycles. The maximum Gasteiger partial charge on any atom is 0.213 e. The highest BCUT2D eigenvalue weighted by Gasteiger charge is 2.37. The van der Waals surface area contributed by atoms with E-state index in [1.807, 2.05) is 32.2 Å². The van der Waals surface area contributed by atoms with Crippen LogP contribution in [0.4, 0.5) is 0 Å². The van der Waals surface area contributed by atoms with Gasteiger partial charge in [-0.15, -0.1) is 0 Å². The average molecular weight is 340 g/mol. The maximum atomic E-state index is 10.8. The van der Waals surface area contributed by atoms with E-state index in [0.29, 0.717) is 12.5 Å². The van der Waals surface area contributed by atoms with Gasteiger partial charge in [0, 0.05) is 37.8 Å². The first-order valence-electron chi connectivity index (χ1n) is 9.13. The normalized spacial score (nSPS) is 24.2. The third-order valence-electron chi connectivity index (χ3n) is 5.11. The molecule has 134 valence electrons. The minimum Gasteiger partial charge on any atom is -0.478 e. The van der Waals surface area contributed by atoms with Crippen molar-refractivity contribution < 1.29 is 9.84 Å². The van der Waals surface area contributed by atoms with Gasteiger partial charge in [-0.1, -0.05) is 36.4 Å². The van der Waals surface area contributed by atoms with Gasteiger partial charge in [-0.3, -0.25) is 4.90 Å². The summed E-state index contributed by atoms with van der Waals surface area (Å²) >= 11 is 0. The van der Waals surface area contributed by atoms with Crippen molar-refractivity contribution in [3.8, 4) is 5.88 Å². The lowest BCUT2D eigenvalue weighted by Crippen LogP contribution is -2.50. The predicted molar refractivity (Wildman–Crippen MR) is 99.6 cm³/mol. The minimum absolute atomic E-state index is 0.235. The molecule has 2 aromatic rings. The van der Waals surface area contributed by atoms with Gasteiger partial charge in [-0.05, 0) is 37.8 Å². The van der Waals surface area contributed by atoms with Gasteiger partial charge < -0.3 is 9.84 Å². The second-order valence-corrected chi connectivity index (χ2v) is 7.17. The largest absolute Gasteiger partial charge is 0.478 e. The van der Waals surface area contributed by atoms with Crippen molar-refractivity contribution in [2.75, 3.05) is 19.7 Å². The number of piperidine rings is 1. The summed E-state index contributed by atoms with van der Waals surface area (Å²) in [7, 11) is 0. The Labute approximate surface area is 150 Å². The van der Waals surface area contributed by atoms with E-state index in [2.05, 4.69) is 40.2 Å². The van der Waals surface area contributed by atoms with Crippen LogP contribution in [0.15, 0.2) is 48.7 Å². The molecule has 0 radical (unpaired) electrons. The molecule has 2 heterocycles. The molecule has 3 rings (SSSR count). The lowest BCUT2D eigenvalue weighted by Gasteiger charge is -2.43. The van der Waals surface area contributed by atoms with Crippen LogP contribution in [0.1, 0.15) is 31.4 Å². The van der Waals surface area contributed by atoms with E-state index in [-0.39, 0.29) is 5.92 Å². The Morgan fingerprint density at radius 2 is 2.00 bits per heavy atom. The summed E-state index contributed by atoms with van der Waals surface area (Å²) < 4.78 is 5.40. The van der Waals surface area contributed by atoms with Crippen LogP contribution in [0.2, 0.25) is 0 Å². The Balaban J connectivity index is 1.63. The van der Waals surface area contributed by atoms with Gasteiger partial charge >= 0.3 is 0 Å². The predicted octanol–water partition coefficient (Wildman–Crippen LogP) is 3.30. The van der Waals surface area contributed by atoms with Crippen LogP contribution in [-0.2, 0) is 13.0 Å². The molecule has 1 aromatic heterocycles. The number of hydrogen-bond donors (Lipinski definition) is 1. The van der Waals surface area contributed by atoms with E-state index in [0.717, 1.165) is 32.5 Å². The molecule has 0 saturated carbocycles. The molecule has 25 heavy (non-hydrogen) atoms. The van der Waals surface area contributed by atoms with Gasteiger partial charge in [0.2, 0.25) is 5.88 Å². The SMILES string of the molecule is CCOc1ccc(CN2CC[C@@](C)(O)[C@@H](Cc3ccccc3)C2)cn1. The maximum absolute atomic E-state index is 10.8. The molecule has 1 aliphatic heterocycles. The number of aliphatic hydroxyl groups is 1. The molecule has 2 atom stereocenters. The highest BCUT2D eigenvalue weighted by Crippen LogP contribution is 2.31. The van der Waals surface area contributed by atoms with E-state index in [1.54, 1.807) is 0 Å². The molecule has 1 N–H and O–H groups in total. The second kappa shape index (κ2) is 7.98. The first kappa shape index (κ1) is 17.9. The number of rotatable bonds is 6. The molecule has 4 nitrogen and oxygen atoms in total. The zero-order valence-corrected chi connectivity index (χ0v) is 15.2. The number of nitrogens with zero attached hydrogens (tertiary/aromatic N) is 2. The third kappa shape index (κ3) is 4.80. The van der Waals surface area contributed by atoms with Crippen molar-refractivity contribution in [3.05, 3.63) is 59.8 Å². The van der Waals surface area contributed by atoms with Gasteiger partial charge in [-0.2, -0.15) is 0 Å². The summed E-state index contributed by atoms with van der Waals surface area (Å²) in [6.07, 6.45) is 3.60. The average Bonchev–Trinajstić information content (AvgIpc) is 2.61. The zero-order chi connectivity index (χ0) is 17.7. The van der Waals surface area contributed by atoms with Crippen LogP contribution in [-0.4, -0.2) is 40.3 Å². The molecule has 4 heteroatoms. The highest BCUT2D eigenvalue weighted by atomic mass is 16.5. The molecule has 0 spiro atoms. The Morgan fingerprint density at radius 1 is 1.20 bits per heavy atom. The first-order chi connectivity index (χ1) is 12.1. The smallest absolute Gasteiger partial charge is 0.213 e. The number of aromatic nitrogens is 1. The summed E-state index contributed by atoms with van der Waals surface area (Å²) in [6.45, 7) is 7.24. The van der Waals surface area contributed by atoms with E-state index in [4.69, 9.17) is 4.74 Å². The van der Waals surface area contributed by atoms with Crippen molar-refractivity contribution in [1.29, 1.82) is 0 Å². The third-order valence-corrected chi connectivity index (χ3v) is 5.11. The fraction of sp³-hybridized carbons (Fsp3) is 0.476. The molecule has 0 unspecified atom stereocenters. The fourth-order valence-corrected chi connectivity index (χ4v) is 3.51. The summed E-state index contributed by atoms with van der Waals surface area (Å²) in [5, 5.41) is 10.8. The zero-order valence-electron chi connectivity index (χ0n) is 15.2. The molecule has 1 saturated heterocycles. The molecule has 0 bridgehead atoms. The number of ether oxygens (including phenoxy) is 1.